The zero-order chi connectivity index (χ0) is 10.6. The van der Waals surface area contributed by atoms with Crippen LogP contribution in [0, 0.1) is 11.8 Å². The summed E-state index contributed by atoms with van der Waals surface area (Å²) in [6.45, 7) is 7.66. The van der Waals surface area contributed by atoms with Crippen molar-refractivity contribution < 1.29 is 4.79 Å². The second-order valence-corrected chi connectivity index (χ2v) is 3.61. The molecular formula is C13H16O. The minimum absolute atomic E-state index is 0.00917. The Morgan fingerprint density at radius 1 is 1.29 bits per heavy atom. The molecule has 0 amide bonds. The van der Waals surface area contributed by atoms with E-state index in [1.54, 1.807) is 0 Å². The molecule has 1 nitrogen and oxygen atoms in total. The lowest BCUT2D eigenvalue weighted by molar-refractivity contribution is 0.0908. The summed E-state index contributed by atoms with van der Waals surface area (Å²) < 4.78 is 0. The molecule has 0 saturated carbocycles. The van der Waals surface area contributed by atoms with Crippen molar-refractivity contribution in [1.29, 1.82) is 0 Å². The number of allylic oxidation sites excluding steroid dienone is 1. The maximum atomic E-state index is 11.9. The van der Waals surface area contributed by atoms with Crippen LogP contribution in [0.3, 0.4) is 0 Å². The van der Waals surface area contributed by atoms with E-state index in [-0.39, 0.29) is 17.6 Å². The van der Waals surface area contributed by atoms with Crippen molar-refractivity contribution in [3.63, 3.8) is 0 Å². The van der Waals surface area contributed by atoms with Crippen LogP contribution in [0.25, 0.3) is 0 Å². The Morgan fingerprint density at radius 3 is 2.36 bits per heavy atom. The number of hydrogen-bond acceptors (Lipinski definition) is 1. The van der Waals surface area contributed by atoms with Gasteiger partial charge in [0.1, 0.15) is 0 Å². The largest absolute Gasteiger partial charge is 0.294 e. The van der Waals surface area contributed by atoms with E-state index in [0.29, 0.717) is 0 Å². The first-order chi connectivity index (χ1) is 6.66. The van der Waals surface area contributed by atoms with Gasteiger partial charge in [-0.3, -0.25) is 4.79 Å². The Hall–Kier alpha value is -1.37. The van der Waals surface area contributed by atoms with Crippen LogP contribution in [0.15, 0.2) is 43.0 Å². The molecule has 0 N–H and O–H groups in total. The fourth-order valence-electron chi connectivity index (χ4n) is 1.31. The topological polar surface area (TPSA) is 17.1 Å². The molecule has 0 spiro atoms. The van der Waals surface area contributed by atoms with Gasteiger partial charge in [0.15, 0.2) is 5.78 Å². The van der Waals surface area contributed by atoms with Crippen LogP contribution in [0.1, 0.15) is 24.2 Å². The Kier molecular flexibility index (Phi) is 3.63. The maximum absolute atomic E-state index is 11.9. The molecule has 0 aliphatic carbocycles. The molecule has 0 saturated heterocycles. The first-order valence-electron chi connectivity index (χ1n) is 4.88. The summed E-state index contributed by atoms with van der Waals surface area (Å²) in [5, 5.41) is 0. The number of benzene rings is 1. The quantitative estimate of drug-likeness (QED) is 0.523. The van der Waals surface area contributed by atoms with E-state index < -0.39 is 0 Å². The second-order valence-electron chi connectivity index (χ2n) is 3.61. The first kappa shape index (κ1) is 10.7. The van der Waals surface area contributed by atoms with Crippen molar-refractivity contribution >= 4 is 5.78 Å². The molecule has 74 valence electrons. The van der Waals surface area contributed by atoms with Crippen LogP contribution in [0.5, 0.6) is 0 Å². The highest BCUT2D eigenvalue weighted by Gasteiger charge is 2.18. The summed E-state index contributed by atoms with van der Waals surface area (Å²) >= 11 is 0. The molecule has 0 aliphatic rings. The van der Waals surface area contributed by atoms with Crippen molar-refractivity contribution in [2.45, 2.75) is 13.8 Å². The van der Waals surface area contributed by atoms with E-state index in [1.165, 1.54) is 0 Å². The molecule has 1 aromatic rings. The van der Waals surface area contributed by atoms with E-state index in [0.717, 1.165) is 5.56 Å². The van der Waals surface area contributed by atoms with Crippen LogP contribution in [0.4, 0.5) is 0 Å². The lowest BCUT2D eigenvalue weighted by atomic mass is 9.88. The van der Waals surface area contributed by atoms with E-state index in [4.69, 9.17) is 0 Å². The van der Waals surface area contributed by atoms with Crippen molar-refractivity contribution in [3.8, 4) is 0 Å². The number of rotatable bonds is 4. The molecule has 1 aromatic carbocycles. The van der Waals surface area contributed by atoms with Gasteiger partial charge in [0.05, 0.1) is 0 Å². The van der Waals surface area contributed by atoms with Crippen LogP contribution in [0.2, 0.25) is 0 Å². The molecule has 0 bridgehead atoms. The summed E-state index contributed by atoms with van der Waals surface area (Å²) in [5.41, 5.74) is 0.786. The normalized spacial score (nSPS) is 14.4. The fourth-order valence-corrected chi connectivity index (χ4v) is 1.31. The summed E-state index contributed by atoms with van der Waals surface area (Å²) in [5.74, 6) is 0.426. The number of ketones is 1. The highest BCUT2D eigenvalue weighted by atomic mass is 16.1. The van der Waals surface area contributed by atoms with Crippen molar-refractivity contribution in [2.24, 2.45) is 11.8 Å². The predicted octanol–water partition coefficient (Wildman–Crippen LogP) is 3.33. The maximum Gasteiger partial charge on any atom is 0.166 e. The van der Waals surface area contributed by atoms with Crippen LogP contribution < -0.4 is 0 Å². The van der Waals surface area contributed by atoms with E-state index in [9.17, 15) is 4.79 Å². The molecule has 14 heavy (non-hydrogen) atoms. The van der Waals surface area contributed by atoms with Gasteiger partial charge in [-0.25, -0.2) is 0 Å². The number of carbonyl (C=O) groups excluding carboxylic acids is 1. The van der Waals surface area contributed by atoms with Crippen molar-refractivity contribution in [1.82, 2.24) is 0 Å². The summed E-state index contributed by atoms with van der Waals surface area (Å²) in [7, 11) is 0. The number of Topliss-reactive ketones (excluding diaryl/α,β-unsaturated/α-hetero) is 1. The smallest absolute Gasteiger partial charge is 0.166 e. The highest BCUT2D eigenvalue weighted by Crippen LogP contribution is 2.17. The van der Waals surface area contributed by atoms with Crippen LogP contribution >= 0.6 is 0 Å². The third kappa shape index (κ3) is 2.32. The first-order valence-corrected chi connectivity index (χ1v) is 4.88. The predicted molar refractivity (Wildman–Crippen MR) is 59.3 cm³/mol. The monoisotopic (exact) mass is 188 g/mol. The lowest BCUT2D eigenvalue weighted by Crippen LogP contribution is -2.17. The van der Waals surface area contributed by atoms with Crippen molar-refractivity contribution in [3.05, 3.63) is 48.6 Å². The third-order valence-electron chi connectivity index (χ3n) is 2.63. The molecule has 0 fully saturated rings. The minimum atomic E-state index is 0.00917. The number of carbonyl (C=O) groups is 1. The van der Waals surface area contributed by atoms with Gasteiger partial charge in [0.2, 0.25) is 0 Å². The Labute approximate surface area is 85.5 Å². The zero-order valence-corrected chi connectivity index (χ0v) is 8.73. The zero-order valence-electron chi connectivity index (χ0n) is 8.73. The van der Waals surface area contributed by atoms with Gasteiger partial charge in [0.25, 0.3) is 0 Å². The van der Waals surface area contributed by atoms with Crippen molar-refractivity contribution in [2.75, 3.05) is 0 Å². The standard InChI is InChI=1S/C13H16O/c1-4-10(2)11(3)13(14)12-8-6-5-7-9-12/h4-11H,1H2,2-3H3. The summed E-state index contributed by atoms with van der Waals surface area (Å²) in [4.78, 5) is 11.9. The highest BCUT2D eigenvalue weighted by molar-refractivity contribution is 5.97. The number of hydrogen-bond donors (Lipinski definition) is 0. The third-order valence-corrected chi connectivity index (χ3v) is 2.63. The summed E-state index contributed by atoms with van der Waals surface area (Å²) in [6.07, 6.45) is 1.82. The van der Waals surface area contributed by atoms with Gasteiger partial charge in [-0.05, 0) is 5.92 Å². The second kappa shape index (κ2) is 4.75. The minimum Gasteiger partial charge on any atom is -0.294 e. The molecule has 0 radical (unpaired) electrons. The molecule has 0 aliphatic heterocycles. The molecule has 1 rings (SSSR count). The fraction of sp³-hybridized carbons (Fsp3) is 0.308. The van der Waals surface area contributed by atoms with Gasteiger partial charge in [0, 0.05) is 11.5 Å². The van der Waals surface area contributed by atoms with Gasteiger partial charge in [-0.15, -0.1) is 6.58 Å². The molecule has 1 heteroatoms. The Bertz CT molecular complexity index is 313. The Balaban J connectivity index is 2.81. The molecule has 2 unspecified atom stereocenters. The van der Waals surface area contributed by atoms with E-state index in [2.05, 4.69) is 6.58 Å². The molecule has 0 heterocycles. The van der Waals surface area contributed by atoms with Gasteiger partial charge < -0.3 is 0 Å². The SMILES string of the molecule is C=CC(C)C(C)C(=O)c1ccccc1. The van der Waals surface area contributed by atoms with E-state index >= 15 is 0 Å². The van der Waals surface area contributed by atoms with Gasteiger partial charge >= 0.3 is 0 Å². The van der Waals surface area contributed by atoms with Crippen LogP contribution in [-0.2, 0) is 0 Å². The average Bonchev–Trinajstić information content (AvgIpc) is 2.27. The Morgan fingerprint density at radius 2 is 1.86 bits per heavy atom. The van der Waals surface area contributed by atoms with E-state index in [1.807, 2.05) is 50.3 Å². The average molecular weight is 188 g/mol. The molecule has 0 aromatic heterocycles. The van der Waals surface area contributed by atoms with Gasteiger partial charge in [-0.2, -0.15) is 0 Å². The van der Waals surface area contributed by atoms with Gasteiger partial charge in [-0.1, -0.05) is 50.3 Å². The lowest BCUT2D eigenvalue weighted by Gasteiger charge is -2.14. The molecule has 2 atom stereocenters. The molecular weight excluding hydrogens is 172 g/mol. The van der Waals surface area contributed by atoms with Crippen LogP contribution in [-0.4, -0.2) is 5.78 Å². The summed E-state index contributed by atoms with van der Waals surface area (Å²) in [6, 6.07) is 9.40.